The Morgan fingerprint density at radius 3 is 2.67 bits per heavy atom. The predicted octanol–water partition coefficient (Wildman–Crippen LogP) is 2.78. The van der Waals surface area contributed by atoms with Crippen molar-refractivity contribution < 1.29 is 14.3 Å². The van der Waals surface area contributed by atoms with Crippen LogP contribution >= 0.6 is 11.3 Å². The van der Waals surface area contributed by atoms with Crippen LogP contribution in [-0.2, 0) is 14.3 Å². The minimum atomic E-state index is -0.147. The standard InChI is InChI=1S/C15H18N2O3S/c1-12-11-21-15(16-12)17(13-6-4-3-5-7-13)14(18)10-20-9-8-19-2/h3-7,11H,8-10H2,1-2H3. The normalized spacial score (nSPS) is 10.6. The maximum Gasteiger partial charge on any atom is 0.259 e. The van der Waals surface area contributed by atoms with Gasteiger partial charge in [0.25, 0.3) is 5.91 Å². The Morgan fingerprint density at radius 2 is 2.05 bits per heavy atom. The summed E-state index contributed by atoms with van der Waals surface area (Å²) in [6, 6.07) is 9.45. The number of carbonyl (C=O) groups is 1. The van der Waals surface area contributed by atoms with Gasteiger partial charge in [-0.05, 0) is 19.1 Å². The molecule has 0 spiro atoms. The molecule has 1 heterocycles. The number of ether oxygens (including phenoxy) is 2. The molecule has 0 saturated carbocycles. The van der Waals surface area contributed by atoms with E-state index in [9.17, 15) is 4.79 Å². The highest BCUT2D eigenvalue weighted by Gasteiger charge is 2.20. The maximum absolute atomic E-state index is 12.4. The highest BCUT2D eigenvalue weighted by atomic mass is 32.1. The molecule has 0 atom stereocenters. The molecule has 2 rings (SSSR count). The van der Waals surface area contributed by atoms with Crippen molar-refractivity contribution in [2.24, 2.45) is 0 Å². The van der Waals surface area contributed by atoms with Gasteiger partial charge >= 0.3 is 0 Å². The van der Waals surface area contributed by atoms with E-state index in [1.807, 2.05) is 42.6 Å². The lowest BCUT2D eigenvalue weighted by Crippen LogP contribution is -2.30. The second-order valence-corrected chi connectivity index (χ2v) is 5.22. The minimum absolute atomic E-state index is 0.00309. The predicted molar refractivity (Wildman–Crippen MR) is 83.1 cm³/mol. The van der Waals surface area contributed by atoms with Crippen molar-refractivity contribution in [3.05, 3.63) is 41.4 Å². The molecule has 0 N–H and O–H groups in total. The summed E-state index contributed by atoms with van der Waals surface area (Å²) in [5.41, 5.74) is 1.68. The van der Waals surface area contributed by atoms with Crippen LogP contribution in [0, 0.1) is 6.92 Å². The Labute approximate surface area is 128 Å². The van der Waals surface area contributed by atoms with Crippen LogP contribution in [0.1, 0.15) is 5.69 Å². The highest BCUT2D eigenvalue weighted by molar-refractivity contribution is 7.14. The summed E-state index contributed by atoms with van der Waals surface area (Å²) < 4.78 is 10.2. The van der Waals surface area contributed by atoms with Gasteiger partial charge in [-0.25, -0.2) is 4.98 Å². The summed E-state index contributed by atoms with van der Waals surface area (Å²) in [7, 11) is 1.60. The van der Waals surface area contributed by atoms with Gasteiger partial charge in [-0.15, -0.1) is 11.3 Å². The molecule has 0 radical (unpaired) electrons. The van der Waals surface area contributed by atoms with E-state index < -0.39 is 0 Å². The number of aromatic nitrogens is 1. The summed E-state index contributed by atoms with van der Waals surface area (Å²) in [6.07, 6.45) is 0. The van der Waals surface area contributed by atoms with E-state index in [-0.39, 0.29) is 12.5 Å². The maximum atomic E-state index is 12.4. The van der Waals surface area contributed by atoms with Crippen LogP contribution in [-0.4, -0.2) is 37.8 Å². The van der Waals surface area contributed by atoms with Crippen molar-refractivity contribution in [1.82, 2.24) is 4.98 Å². The molecule has 0 aliphatic heterocycles. The molecule has 0 bridgehead atoms. The number of nitrogens with zero attached hydrogens (tertiary/aromatic N) is 2. The second-order valence-electron chi connectivity index (χ2n) is 4.38. The third-order valence-corrected chi connectivity index (χ3v) is 3.66. The highest BCUT2D eigenvalue weighted by Crippen LogP contribution is 2.28. The number of aryl methyl sites for hydroxylation is 1. The number of hydrogen-bond acceptors (Lipinski definition) is 5. The molecule has 1 aromatic carbocycles. The van der Waals surface area contributed by atoms with Gasteiger partial charge in [-0.3, -0.25) is 9.69 Å². The lowest BCUT2D eigenvalue weighted by atomic mass is 10.3. The number of thiazole rings is 1. The molecule has 0 unspecified atom stereocenters. The molecule has 1 amide bonds. The second kappa shape index (κ2) is 7.87. The zero-order valence-electron chi connectivity index (χ0n) is 12.1. The molecule has 0 saturated heterocycles. The quantitative estimate of drug-likeness (QED) is 0.738. The van der Waals surface area contributed by atoms with E-state index in [2.05, 4.69) is 4.98 Å². The summed E-state index contributed by atoms with van der Waals surface area (Å²) >= 11 is 1.44. The SMILES string of the molecule is COCCOCC(=O)N(c1ccccc1)c1nc(C)cs1. The van der Waals surface area contributed by atoms with Crippen LogP contribution in [0.4, 0.5) is 10.8 Å². The molecule has 6 heteroatoms. The van der Waals surface area contributed by atoms with Crippen LogP contribution in [0.3, 0.4) is 0 Å². The molecule has 1 aromatic heterocycles. The van der Waals surface area contributed by atoms with Crippen molar-refractivity contribution in [2.75, 3.05) is 31.8 Å². The van der Waals surface area contributed by atoms with Crippen LogP contribution < -0.4 is 4.90 Å². The van der Waals surface area contributed by atoms with Gasteiger partial charge in [0.1, 0.15) is 6.61 Å². The zero-order chi connectivity index (χ0) is 15.1. The third kappa shape index (κ3) is 4.35. The van der Waals surface area contributed by atoms with Crippen LogP contribution in [0.5, 0.6) is 0 Å². The van der Waals surface area contributed by atoms with E-state index in [1.165, 1.54) is 11.3 Å². The number of anilines is 2. The Bertz CT molecular complexity index is 571. The van der Waals surface area contributed by atoms with Gasteiger partial charge in [0, 0.05) is 12.5 Å². The number of hydrogen-bond donors (Lipinski definition) is 0. The zero-order valence-corrected chi connectivity index (χ0v) is 12.9. The lowest BCUT2D eigenvalue weighted by Gasteiger charge is -2.20. The van der Waals surface area contributed by atoms with Crippen LogP contribution in [0.25, 0.3) is 0 Å². The van der Waals surface area contributed by atoms with E-state index in [1.54, 1.807) is 12.0 Å². The lowest BCUT2D eigenvalue weighted by molar-refractivity contribution is -0.122. The van der Waals surface area contributed by atoms with Gasteiger partial charge in [0.05, 0.1) is 24.6 Å². The number of benzene rings is 1. The molecule has 2 aromatic rings. The van der Waals surface area contributed by atoms with Crippen molar-refractivity contribution in [3.63, 3.8) is 0 Å². The number of methoxy groups -OCH3 is 1. The third-order valence-electron chi connectivity index (χ3n) is 2.72. The number of para-hydroxylation sites is 1. The first-order valence-corrected chi connectivity index (χ1v) is 7.47. The van der Waals surface area contributed by atoms with Crippen LogP contribution in [0.2, 0.25) is 0 Å². The van der Waals surface area contributed by atoms with Gasteiger partial charge in [0.15, 0.2) is 5.13 Å². The smallest absolute Gasteiger partial charge is 0.259 e. The van der Waals surface area contributed by atoms with Gasteiger partial charge in [-0.2, -0.15) is 0 Å². The van der Waals surface area contributed by atoms with Crippen molar-refractivity contribution in [1.29, 1.82) is 0 Å². The largest absolute Gasteiger partial charge is 0.382 e. The molecule has 0 aliphatic rings. The number of carbonyl (C=O) groups excluding carboxylic acids is 1. The van der Waals surface area contributed by atoms with Gasteiger partial charge < -0.3 is 9.47 Å². The van der Waals surface area contributed by atoms with E-state index >= 15 is 0 Å². The van der Waals surface area contributed by atoms with E-state index in [0.717, 1.165) is 11.4 Å². The average molecular weight is 306 g/mol. The summed E-state index contributed by atoms with van der Waals surface area (Å²) in [6.45, 7) is 2.76. The monoisotopic (exact) mass is 306 g/mol. The molecule has 0 aliphatic carbocycles. The topological polar surface area (TPSA) is 51.7 Å². The van der Waals surface area contributed by atoms with Gasteiger partial charge in [-0.1, -0.05) is 18.2 Å². The molecule has 112 valence electrons. The molecule has 0 fully saturated rings. The van der Waals surface area contributed by atoms with Crippen molar-refractivity contribution >= 4 is 28.1 Å². The Hall–Kier alpha value is -1.76. The molecule has 5 nitrogen and oxygen atoms in total. The summed E-state index contributed by atoms with van der Waals surface area (Å²) in [4.78, 5) is 18.4. The summed E-state index contributed by atoms with van der Waals surface area (Å²) in [5, 5.41) is 2.57. The Kier molecular flexibility index (Phi) is 5.86. The minimum Gasteiger partial charge on any atom is -0.382 e. The fourth-order valence-corrected chi connectivity index (χ4v) is 2.59. The Morgan fingerprint density at radius 1 is 1.29 bits per heavy atom. The fraction of sp³-hybridized carbons (Fsp3) is 0.333. The Balaban J connectivity index is 2.14. The average Bonchev–Trinajstić information content (AvgIpc) is 2.91. The first-order valence-electron chi connectivity index (χ1n) is 6.59. The molecular weight excluding hydrogens is 288 g/mol. The summed E-state index contributed by atoms with van der Waals surface area (Å²) in [5.74, 6) is -0.147. The van der Waals surface area contributed by atoms with Gasteiger partial charge in [0.2, 0.25) is 0 Å². The van der Waals surface area contributed by atoms with Crippen molar-refractivity contribution in [3.8, 4) is 0 Å². The van der Waals surface area contributed by atoms with Crippen molar-refractivity contribution in [2.45, 2.75) is 6.92 Å². The number of amides is 1. The first kappa shape index (κ1) is 15.6. The fourth-order valence-electron chi connectivity index (χ4n) is 1.75. The number of rotatable bonds is 7. The van der Waals surface area contributed by atoms with Crippen LogP contribution in [0.15, 0.2) is 35.7 Å². The van der Waals surface area contributed by atoms with E-state index in [4.69, 9.17) is 9.47 Å². The molecule has 21 heavy (non-hydrogen) atoms. The molecular formula is C15H18N2O3S. The van der Waals surface area contributed by atoms with E-state index in [0.29, 0.717) is 18.3 Å². The first-order chi connectivity index (χ1) is 10.2.